The van der Waals surface area contributed by atoms with Gasteiger partial charge in [-0.25, -0.2) is 0 Å². The molecule has 2 rings (SSSR count). The van der Waals surface area contributed by atoms with Gasteiger partial charge in [0.15, 0.2) is 0 Å². The van der Waals surface area contributed by atoms with E-state index in [1.165, 1.54) is 6.08 Å². The first-order valence-corrected chi connectivity index (χ1v) is 7.71. The van der Waals surface area contributed by atoms with Crippen molar-refractivity contribution in [2.45, 2.75) is 13.0 Å². The molecule has 0 spiro atoms. The maximum absolute atomic E-state index is 11.9. The van der Waals surface area contributed by atoms with Gasteiger partial charge in [-0.15, -0.1) is 0 Å². The fourth-order valence-corrected chi connectivity index (χ4v) is 2.23. The molecule has 0 saturated heterocycles. The summed E-state index contributed by atoms with van der Waals surface area (Å²) in [6, 6.07) is 15.1. The van der Waals surface area contributed by atoms with Crippen molar-refractivity contribution < 1.29 is 4.79 Å². The number of hydrogen-bond acceptors (Lipinski definition) is 1. The molecular formula is C17H15BrClNO. The molecule has 2 aromatic carbocycles. The summed E-state index contributed by atoms with van der Waals surface area (Å²) in [4.78, 5) is 11.9. The van der Waals surface area contributed by atoms with E-state index in [9.17, 15) is 4.79 Å². The van der Waals surface area contributed by atoms with Crippen LogP contribution >= 0.6 is 27.5 Å². The highest BCUT2D eigenvalue weighted by molar-refractivity contribution is 9.10. The van der Waals surface area contributed by atoms with Crippen LogP contribution < -0.4 is 5.32 Å². The van der Waals surface area contributed by atoms with Gasteiger partial charge in [-0.2, -0.15) is 0 Å². The number of nitrogens with one attached hydrogen (secondary N) is 1. The Morgan fingerprint density at radius 2 is 1.76 bits per heavy atom. The predicted molar refractivity (Wildman–Crippen MR) is 91.2 cm³/mol. The van der Waals surface area contributed by atoms with E-state index < -0.39 is 0 Å². The van der Waals surface area contributed by atoms with E-state index in [2.05, 4.69) is 21.2 Å². The SMILES string of the molecule is C[C@@H](NC(=O)/C=C/c1ccc(Br)cc1)c1ccc(Cl)cc1. The smallest absolute Gasteiger partial charge is 0.244 e. The molecule has 0 radical (unpaired) electrons. The third kappa shape index (κ3) is 5.03. The highest BCUT2D eigenvalue weighted by Gasteiger charge is 2.07. The normalized spacial score (nSPS) is 12.3. The van der Waals surface area contributed by atoms with Crippen LogP contribution in [0.15, 0.2) is 59.1 Å². The van der Waals surface area contributed by atoms with Gasteiger partial charge in [0, 0.05) is 15.6 Å². The largest absolute Gasteiger partial charge is 0.346 e. The zero-order valence-corrected chi connectivity index (χ0v) is 13.9. The zero-order chi connectivity index (χ0) is 15.2. The van der Waals surface area contributed by atoms with Crippen LogP contribution in [0.5, 0.6) is 0 Å². The summed E-state index contributed by atoms with van der Waals surface area (Å²) < 4.78 is 1.01. The van der Waals surface area contributed by atoms with Gasteiger partial charge in [-0.05, 0) is 48.4 Å². The lowest BCUT2D eigenvalue weighted by molar-refractivity contribution is -0.117. The lowest BCUT2D eigenvalue weighted by Crippen LogP contribution is -2.24. The zero-order valence-electron chi connectivity index (χ0n) is 11.5. The van der Waals surface area contributed by atoms with Crippen LogP contribution in [0.4, 0.5) is 0 Å². The monoisotopic (exact) mass is 363 g/mol. The molecule has 1 N–H and O–H groups in total. The molecule has 2 aromatic rings. The van der Waals surface area contributed by atoms with Crippen molar-refractivity contribution in [2.75, 3.05) is 0 Å². The minimum Gasteiger partial charge on any atom is -0.346 e. The maximum atomic E-state index is 11.9. The standard InChI is InChI=1S/C17H15BrClNO/c1-12(14-5-9-16(19)10-6-14)20-17(21)11-4-13-2-7-15(18)8-3-13/h2-12H,1H3,(H,20,21)/b11-4+/t12-/m1/s1. The molecule has 0 aliphatic rings. The minimum absolute atomic E-state index is 0.0654. The lowest BCUT2D eigenvalue weighted by Gasteiger charge is -2.12. The highest BCUT2D eigenvalue weighted by Crippen LogP contribution is 2.16. The Kier molecular flexibility index (Phi) is 5.59. The van der Waals surface area contributed by atoms with E-state index in [1.54, 1.807) is 6.08 Å². The molecule has 4 heteroatoms. The van der Waals surface area contributed by atoms with Crippen LogP contribution in [0, 0.1) is 0 Å². The van der Waals surface area contributed by atoms with Gasteiger partial charge in [-0.3, -0.25) is 4.79 Å². The number of halogens is 2. The van der Waals surface area contributed by atoms with Gasteiger partial charge in [0.1, 0.15) is 0 Å². The summed E-state index contributed by atoms with van der Waals surface area (Å²) >= 11 is 9.23. The van der Waals surface area contributed by atoms with Crippen molar-refractivity contribution in [1.82, 2.24) is 5.32 Å². The van der Waals surface area contributed by atoms with Crippen LogP contribution in [0.3, 0.4) is 0 Å². The Bertz CT molecular complexity index is 635. The van der Waals surface area contributed by atoms with Crippen molar-refractivity contribution in [3.63, 3.8) is 0 Å². The molecule has 0 heterocycles. The Balaban J connectivity index is 1.94. The summed E-state index contributed by atoms with van der Waals surface area (Å²) in [5.74, 6) is -0.125. The van der Waals surface area contributed by atoms with Gasteiger partial charge in [0.05, 0.1) is 6.04 Å². The quantitative estimate of drug-likeness (QED) is 0.761. The lowest BCUT2D eigenvalue weighted by atomic mass is 10.1. The second-order valence-electron chi connectivity index (χ2n) is 4.67. The molecule has 0 aromatic heterocycles. The van der Waals surface area contributed by atoms with Gasteiger partial charge in [-0.1, -0.05) is 51.8 Å². The van der Waals surface area contributed by atoms with E-state index in [-0.39, 0.29) is 11.9 Å². The molecule has 108 valence electrons. The van der Waals surface area contributed by atoms with E-state index in [0.717, 1.165) is 15.6 Å². The van der Waals surface area contributed by atoms with Gasteiger partial charge in [0.2, 0.25) is 5.91 Å². The number of carbonyl (C=O) groups excluding carboxylic acids is 1. The van der Waals surface area contributed by atoms with Crippen LogP contribution in [-0.4, -0.2) is 5.91 Å². The fourth-order valence-electron chi connectivity index (χ4n) is 1.84. The van der Waals surface area contributed by atoms with E-state index in [0.29, 0.717) is 5.02 Å². The maximum Gasteiger partial charge on any atom is 0.244 e. The molecule has 0 saturated carbocycles. The van der Waals surface area contributed by atoms with Crippen LogP contribution in [0.1, 0.15) is 24.1 Å². The Morgan fingerprint density at radius 1 is 1.14 bits per heavy atom. The minimum atomic E-state index is -0.125. The van der Waals surface area contributed by atoms with Crippen LogP contribution in [0.25, 0.3) is 6.08 Å². The first kappa shape index (κ1) is 15.8. The summed E-state index contributed by atoms with van der Waals surface area (Å²) in [6.07, 6.45) is 3.33. The molecule has 0 fully saturated rings. The summed E-state index contributed by atoms with van der Waals surface area (Å²) in [7, 11) is 0. The summed E-state index contributed by atoms with van der Waals surface area (Å²) in [5, 5.41) is 3.61. The average molecular weight is 365 g/mol. The van der Waals surface area contributed by atoms with Crippen molar-refractivity contribution >= 4 is 39.5 Å². The van der Waals surface area contributed by atoms with Crippen molar-refractivity contribution in [3.8, 4) is 0 Å². The highest BCUT2D eigenvalue weighted by atomic mass is 79.9. The van der Waals surface area contributed by atoms with Gasteiger partial charge < -0.3 is 5.32 Å². The second-order valence-corrected chi connectivity index (χ2v) is 6.02. The third-order valence-electron chi connectivity index (χ3n) is 3.03. The van der Waals surface area contributed by atoms with E-state index >= 15 is 0 Å². The molecule has 0 aliphatic carbocycles. The Hall–Kier alpha value is -1.58. The fraction of sp³-hybridized carbons (Fsp3) is 0.118. The molecule has 1 atom stereocenters. The average Bonchev–Trinajstić information content (AvgIpc) is 2.47. The Morgan fingerprint density at radius 3 is 2.38 bits per heavy atom. The number of benzene rings is 2. The van der Waals surface area contributed by atoms with Crippen LogP contribution in [0.2, 0.25) is 5.02 Å². The first-order chi connectivity index (χ1) is 10.0. The molecule has 0 aliphatic heterocycles. The van der Waals surface area contributed by atoms with E-state index in [4.69, 9.17) is 11.6 Å². The third-order valence-corrected chi connectivity index (χ3v) is 3.81. The Labute approximate surface area is 138 Å². The molecule has 2 nitrogen and oxygen atoms in total. The van der Waals surface area contributed by atoms with Gasteiger partial charge in [0.25, 0.3) is 0 Å². The number of rotatable bonds is 4. The first-order valence-electron chi connectivity index (χ1n) is 6.54. The number of carbonyl (C=O) groups is 1. The summed E-state index contributed by atoms with van der Waals surface area (Å²) in [5.41, 5.74) is 2.00. The number of hydrogen-bond donors (Lipinski definition) is 1. The van der Waals surface area contributed by atoms with Crippen LogP contribution in [-0.2, 0) is 4.79 Å². The topological polar surface area (TPSA) is 29.1 Å². The van der Waals surface area contributed by atoms with Gasteiger partial charge >= 0.3 is 0 Å². The molecule has 0 unspecified atom stereocenters. The van der Waals surface area contributed by atoms with Crippen molar-refractivity contribution in [3.05, 3.63) is 75.2 Å². The summed E-state index contributed by atoms with van der Waals surface area (Å²) in [6.45, 7) is 1.94. The second kappa shape index (κ2) is 7.43. The predicted octanol–water partition coefficient (Wildman–Crippen LogP) is 4.99. The number of amides is 1. The van der Waals surface area contributed by atoms with Crippen molar-refractivity contribution in [1.29, 1.82) is 0 Å². The molecule has 1 amide bonds. The molecule has 0 bridgehead atoms. The van der Waals surface area contributed by atoms with Crippen molar-refractivity contribution in [2.24, 2.45) is 0 Å². The van der Waals surface area contributed by atoms with E-state index in [1.807, 2.05) is 55.5 Å². The molecular weight excluding hydrogens is 350 g/mol. The molecule has 21 heavy (non-hydrogen) atoms.